The number of rotatable bonds is 13. The Hall–Kier alpha value is -3.07. The van der Waals surface area contributed by atoms with Gasteiger partial charge in [0.1, 0.15) is 6.07 Å². The molecule has 1 aromatic carbocycles. The molecule has 11 nitrogen and oxygen atoms in total. The summed E-state index contributed by atoms with van der Waals surface area (Å²) in [6.45, 7) is 0.984. The fourth-order valence-electron chi connectivity index (χ4n) is 2.67. The molecule has 1 aromatic rings. The highest BCUT2D eigenvalue weighted by Crippen LogP contribution is 2.27. The number of nitrogens with zero attached hydrogens (tertiary/aromatic N) is 4. The van der Waals surface area contributed by atoms with Crippen LogP contribution in [0.15, 0.2) is 53.3 Å². The first-order valence-electron chi connectivity index (χ1n) is 9.42. The van der Waals surface area contributed by atoms with E-state index in [2.05, 4.69) is 20.1 Å². The van der Waals surface area contributed by atoms with Crippen molar-refractivity contribution in [1.82, 2.24) is 5.32 Å². The molecule has 1 heterocycles. The molecule has 0 aliphatic carbocycles. The van der Waals surface area contributed by atoms with Gasteiger partial charge in [-0.25, -0.2) is 8.42 Å². The summed E-state index contributed by atoms with van der Waals surface area (Å²) in [4.78, 5) is 1.09. The van der Waals surface area contributed by atoms with Crippen LogP contribution < -0.4 is 10.0 Å². The third-order valence-electron chi connectivity index (χ3n) is 4.39. The Morgan fingerprint density at radius 1 is 1.23 bits per heavy atom. The van der Waals surface area contributed by atoms with E-state index < -0.39 is 14.9 Å². The maximum absolute atomic E-state index is 13.2. The molecule has 0 radical (unpaired) electrons. The number of ether oxygens (including phenoxy) is 2. The van der Waals surface area contributed by atoms with Gasteiger partial charge in [0, 0.05) is 29.8 Å². The molecule has 0 fully saturated rings. The van der Waals surface area contributed by atoms with Gasteiger partial charge in [0.15, 0.2) is 4.87 Å². The number of allylic oxidation sites excluding steroid dienone is 2. The Labute approximate surface area is 180 Å². The Balaban J connectivity index is 2.00. The van der Waals surface area contributed by atoms with E-state index >= 15 is 0 Å². The summed E-state index contributed by atoms with van der Waals surface area (Å²) in [5.41, 5.74) is 9.48. The van der Waals surface area contributed by atoms with Crippen LogP contribution in [-0.2, 0) is 26.1 Å². The van der Waals surface area contributed by atoms with E-state index in [-0.39, 0.29) is 46.0 Å². The summed E-state index contributed by atoms with van der Waals surface area (Å²) in [6, 6.07) is 8.31. The monoisotopic (exact) mass is 448 g/mol. The van der Waals surface area contributed by atoms with Crippen LogP contribution in [0.4, 0.5) is 5.69 Å². The van der Waals surface area contributed by atoms with Crippen LogP contribution >= 0.6 is 0 Å². The molecule has 2 rings (SSSR count). The van der Waals surface area contributed by atoms with Gasteiger partial charge in [-0.3, -0.25) is 4.72 Å². The lowest BCUT2D eigenvalue weighted by molar-refractivity contribution is 0.0474. The number of nitriles is 1. The van der Waals surface area contributed by atoms with Gasteiger partial charge in [-0.05, 0) is 35.4 Å². The maximum Gasteiger partial charge on any atom is 0.260 e. The average molecular weight is 449 g/mol. The third kappa shape index (κ3) is 6.99. The van der Waals surface area contributed by atoms with Crippen LogP contribution in [0.5, 0.6) is 0 Å². The Morgan fingerprint density at radius 2 is 1.94 bits per heavy atom. The molecule has 1 unspecified atom stereocenters. The zero-order valence-electron chi connectivity index (χ0n) is 16.8. The highest BCUT2D eigenvalue weighted by Gasteiger charge is 2.42. The van der Waals surface area contributed by atoms with E-state index in [0.717, 1.165) is 0 Å². The lowest BCUT2D eigenvalue weighted by Crippen LogP contribution is -2.52. The van der Waals surface area contributed by atoms with Crippen LogP contribution in [0, 0.1) is 11.3 Å². The van der Waals surface area contributed by atoms with Crippen LogP contribution in [0.1, 0.15) is 12.0 Å². The molecule has 31 heavy (non-hydrogen) atoms. The van der Waals surface area contributed by atoms with Gasteiger partial charge in [0.05, 0.1) is 38.6 Å². The molecule has 166 valence electrons. The first kappa shape index (κ1) is 24.2. The van der Waals surface area contributed by atoms with Gasteiger partial charge in [-0.15, -0.1) is 0 Å². The van der Waals surface area contributed by atoms with E-state index in [1.54, 1.807) is 24.3 Å². The zero-order chi connectivity index (χ0) is 22.6. The predicted molar refractivity (Wildman–Crippen MR) is 114 cm³/mol. The summed E-state index contributed by atoms with van der Waals surface area (Å²) in [7, 11) is -3.98. The second-order valence-electron chi connectivity index (χ2n) is 6.47. The second-order valence-corrected chi connectivity index (χ2v) is 8.41. The fraction of sp³-hybridized carbons (Fsp3) is 0.421. The van der Waals surface area contributed by atoms with Crippen molar-refractivity contribution < 1.29 is 23.0 Å². The molecule has 1 aliphatic rings. The lowest BCUT2D eigenvalue weighted by atomic mass is 10.1. The highest BCUT2D eigenvalue weighted by atomic mass is 32.2. The van der Waals surface area contributed by atoms with Gasteiger partial charge >= 0.3 is 0 Å². The summed E-state index contributed by atoms with van der Waals surface area (Å²) in [5.74, 6) is 0. The van der Waals surface area contributed by atoms with E-state index in [4.69, 9.17) is 25.4 Å². The number of hydrogen-bond acceptors (Lipinski definition) is 8. The van der Waals surface area contributed by atoms with Crippen LogP contribution in [-0.4, -0.2) is 51.4 Å². The Kier molecular flexibility index (Phi) is 9.33. The highest BCUT2D eigenvalue weighted by molar-refractivity contribution is 7.94. The Morgan fingerprint density at radius 3 is 2.52 bits per heavy atom. The standard InChI is InChI=1S/C19H24N6O5S/c20-13-17-5-6-19(22-14-17,7-9-29-11-12-30-10-8-23-25-21)31(27,28)24-18-3-1-16(15-26)2-4-18/h1-6,14,22,24,26H,7-12,15H2. The van der Waals surface area contributed by atoms with Crippen molar-refractivity contribution in [2.75, 3.05) is 37.7 Å². The third-order valence-corrected chi connectivity index (χ3v) is 6.31. The SMILES string of the molecule is N#CC1=CNC(CCOCCOCCN=[N+]=[N-])(S(=O)(=O)Nc2ccc(CO)cc2)C=C1. The minimum Gasteiger partial charge on any atom is -0.392 e. The normalized spacial score (nSPS) is 17.7. The van der Waals surface area contributed by atoms with Crippen molar-refractivity contribution in [2.45, 2.75) is 17.9 Å². The number of aliphatic hydroxyl groups is 1. The summed E-state index contributed by atoms with van der Waals surface area (Å²) in [5, 5.41) is 24.3. The number of hydrogen-bond donors (Lipinski definition) is 3. The minimum atomic E-state index is -3.98. The molecule has 1 atom stereocenters. The number of aliphatic hydroxyl groups excluding tert-OH is 1. The number of sulfonamides is 1. The van der Waals surface area contributed by atoms with Gasteiger partial charge < -0.3 is 19.9 Å². The molecule has 0 aromatic heterocycles. The van der Waals surface area contributed by atoms with Crippen molar-refractivity contribution >= 4 is 15.7 Å². The van der Waals surface area contributed by atoms with Gasteiger partial charge in [0.25, 0.3) is 10.0 Å². The molecular weight excluding hydrogens is 424 g/mol. The number of benzene rings is 1. The fourth-order valence-corrected chi connectivity index (χ4v) is 4.11. The second kappa shape index (κ2) is 11.9. The maximum atomic E-state index is 13.2. The topological polar surface area (TPSA) is 169 Å². The quantitative estimate of drug-likeness (QED) is 0.179. The summed E-state index contributed by atoms with van der Waals surface area (Å²) < 4.78 is 39.6. The summed E-state index contributed by atoms with van der Waals surface area (Å²) >= 11 is 0. The Bertz CT molecular complexity index is 980. The predicted octanol–water partition coefficient (Wildman–Crippen LogP) is 1.92. The van der Waals surface area contributed by atoms with Crippen molar-refractivity contribution in [3.8, 4) is 6.07 Å². The van der Waals surface area contributed by atoms with Crippen molar-refractivity contribution in [3.63, 3.8) is 0 Å². The van der Waals surface area contributed by atoms with E-state index in [9.17, 15) is 8.42 Å². The molecule has 12 heteroatoms. The summed E-state index contributed by atoms with van der Waals surface area (Å²) in [6.07, 6.45) is 4.30. The molecule has 0 bridgehead atoms. The van der Waals surface area contributed by atoms with Gasteiger partial charge in [-0.2, -0.15) is 5.26 Å². The van der Waals surface area contributed by atoms with Crippen molar-refractivity contribution in [1.29, 1.82) is 5.26 Å². The van der Waals surface area contributed by atoms with E-state index in [1.807, 2.05) is 6.07 Å². The number of nitrogens with one attached hydrogen (secondary N) is 2. The first-order valence-corrected chi connectivity index (χ1v) is 10.9. The number of anilines is 1. The molecule has 0 spiro atoms. The molecule has 0 saturated carbocycles. The van der Waals surface area contributed by atoms with Gasteiger partial charge in [-0.1, -0.05) is 17.2 Å². The van der Waals surface area contributed by atoms with Crippen LogP contribution in [0.25, 0.3) is 10.4 Å². The number of dihydropyridines is 1. The average Bonchev–Trinajstić information content (AvgIpc) is 2.78. The molecule has 0 saturated heterocycles. The molecular formula is C19H24N6O5S. The first-order chi connectivity index (χ1) is 15.0. The van der Waals surface area contributed by atoms with Crippen LogP contribution in [0.2, 0.25) is 0 Å². The number of azide groups is 1. The zero-order valence-corrected chi connectivity index (χ0v) is 17.6. The van der Waals surface area contributed by atoms with Crippen molar-refractivity contribution in [3.05, 3.63) is 64.2 Å². The smallest absolute Gasteiger partial charge is 0.260 e. The van der Waals surface area contributed by atoms with Gasteiger partial charge in [0.2, 0.25) is 0 Å². The molecule has 3 N–H and O–H groups in total. The van der Waals surface area contributed by atoms with E-state index in [1.165, 1.54) is 18.4 Å². The van der Waals surface area contributed by atoms with Crippen LogP contribution in [0.3, 0.4) is 0 Å². The van der Waals surface area contributed by atoms with E-state index in [0.29, 0.717) is 16.8 Å². The molecule has 1 aliphatic heterocycles. The molecule has 0 amide bonds. The van der Waals surface area contributed by atoms with Crippen molar-refractivity contribution in [2.24, 2.45) is 5.11 Å². The largest absolute Gasteiger partial charge is 0.392 e. The minimum absolute atomic E-state index is 0.0709. The lowest BCUT2D eigenvalue weighted by Gasteiger charge is -2.33.